The van der Waals surface area contributed by atoms with Gasteiger partial charge >= 0.3 is 0 Å². The van der Waals surface area contributed by atoms with Crippen molar-refractivity contribution in [2.75, 3.05) is 6.54 Å². The maximum Gasteiger partial charge on any atom is 0.241 e. The molecule has 0 heterocycles. The number of ketones is 1. The van der Waals surface area contributed by atoms with Gasteiger partial charge in [0.25, 0.3) is 0 Å². The van der Waals surface area contributed by atoms with E-state index in [2.05, 4.69) is 16.6 Å². The van der Waals surface area contributed by atoms with Gasteiger partial charge in [-0.15, -0.1) is 0 Å². The molecule has 2 aromatic rings. The van der Waals surface area contributed by atoms with Crippen molar-refractivity contribution in [3.05, 3.63) is 64.7 Å². The van der Waals surface area contributed by atoms with Gasteiger partial charge in [0, 0.05) is 16.1 Å². The standard InChI is InChI=1S/C17H14ClNO3S/c1-13(20)15-7-3-9-17(12-15)23(21,22)19-10-4-6-14-5-2-8-16(18)11-14/h2-3,5,7-9,11-12,19H,10H2,1H3. The van der Waals surface area contributed by atoms with E-state index in [1.165, 1.54) is 25.1 Å². The molecule has 2 rings (SSSR count). The fourth-order valence-corrected chi connectivity index (χ4v) is 2.97. The highest BCUT2D eigenvalue weighted by molar-refractivity contribution is 7.89. The third-order valence-electron chi connectivity index (χ3n) is 2.96. The Morgan fingerprint density at radius 2 is 1.91 bits per heavy atom. The van der Waals surface area contributed by atoms with E-state index < -0.39 is 10.0 Å². The molecule has 0 aliphatic carbocycles. The van der Waals surface area contributed by atoms with E-state index in [-0.39, 0.29) is 17.2 Å². The summed E-state index contributed by atoms with van der Waals surface area (Å²) in [6.45, 7) is 1.34. The Morgan fingerprint density at radius 1 is 1.17 bits per heavy atom. The van der Waals surface area contributed by atoms with E-state index >= 15 is 0 Å². The van der Waals surface area contributed by atoms with Crippen molar-refractivity contribution in [2.24, 2.45) is 0 Å². The van der Waals surface area contributed by atoms with Gasteiger partial charge < -0.3 is 0 Å². The zero-order chi connectivity index (χ0) is 16.9. The molecule has 0 saturated heterocycles. The van der Waals surface area contributed by atoms with Crippen LogP contribution in [0, 0.1) is 11.8 Å². The highest BCUT2D eigenvalue weighted by Crippen LogP contribution is 2.12. The lowest BCUT2D eigenvalue weighted by molar-refractivity contribution is 0.101. The molecule has 0 radical (unpaired) electrons. The highest BCUT2D eigenvalue weighted by Gasteiger charge is 2.14. The minimum atomic E-state index is -3.71. The van der Waals surface area contributed by atoms with Gasteiger partial charge in [-0.3, -0.25) is 4.79 Å². The molecule has 0 aliphatic rings. The number of Topliss-reactive ketones (excluding diaryl/α,β-unsaturated/α-hetero) is 1. The van der Waals surface area contributed by atoms with Crippen LogP contribution >= 0.6 is 11.6 Å². The van der Waals surface area contributed by atoms with Crippen LogP contribution in [0.2, 0.25) is 5.02 Å². The topological polar surface area (TPSA) is 63.2 Å². The monoisotopic (exact) mass is 347 g/mol. The van der Waals surface area contributed by atoms with Crippen molar-refractivity contribution < 1.29 is 13.2 Å². The van der Waals surface area contributed by atoms with Crippen LogP contribution in [0.5, 0.6) is 0 Å². The second-order valence-electron chi connectivity index (χ2n) is 4.72. The van der Waals surface area contributed by atoms with Crippen molar-refractivity contribution in [3.63, 3.8) is 0 Å². The Morgan fingerprint density at radius 3 is 2.61 bits per heavy atom. The molecule has 0 aliphatic heterocycles. The average molecular weight is 348 g/mol. The number of halogens is 1. The van der Waals surface area contributed by atoms with Crippen LogP contribution in [0.3, 0.4) is 0 Å². The number of sulfonamides is 1. The Balaban J connectivity index is 2.08. The van der Waals surface area contributed by atoms with Gasteiger partial charge in [0.15, 0.2) is 5.78 Å². The summed E-state index contributed by atoms with van der Waals surface area (Å²) in [5.41, 5.74) is 1.05. The molecule has 23 heavy (non-hydrogen) atoms. The maximum absolute atomic E-state index is 12.2. The number of hydrogen-bond acceptors (Lipinski definition) is 3. The zero-order valence-electron chi connectivity index (χ0n) is 12.3. The summed E-state index contributed by atoms with van der Waals surface area (Å²) in [6.07, 6.45) is 0. The molecule has 4 nitrogen and oxygen atoms in total. The van der Waals surface area contributed by atoms with Gasteiger partial charge in [-0.2, -0.15) is 4.72 Å². The fourth-order valence-electron chi connectivity index (χ4n) is 1.81. The molecule has 2 aromatic carbocycles. The Bertz CT molecular complexity index is 895. The summed E-state index contributed by atoms with van der Waals surface area (Å²) in [5.74, 6) is 5.36. The average Bonchev–Trinajstić information content (AvgIpc) is 2.52. The van der Waals surface area contributed by atoms with Crippen molar-refractivity contribution in [1.82, 2.24) is 4.72 Å². The third-order valence-corrected chi connectivity index (χ3v) is 4.59. The molecule has 118 valence electrons. The maximum atomic E-state index is 12.2. The van der Waals surface area contributed by atoms with Crippen molar-refractivity contribution in [3.8, 4) is 11.8 Å². The molecule has 0 spiro atoms. The smallest absolute Gasteiger partial charge is 0.241 e. The Kier molecular flexibility index (Phi) is 5.56. The van der Waals surface area contributed by atoms with Gasteiger partial charge in [0.05, 0.1) is 11.4 Å². The molecule has 0 unspecified atom stereocenters. The SMILES string of the molecule is CC(=O)c1cccc(S(=O)(=O)NCC#Cc2cccc(Cl)c2)c1. The molecule has 0 fully saturated rings. The third kappa shape index (κ3) is 4.93. The molecule has 0 bridgehead atoms. The largest absolute Gasteiger partial charge is 0.295 e. The number of carbonyl (C=O) groups is 1. The minimum Gasteiger partial charge on any atom is -0.295 e. The van der Waals surface area contributed by atoms with Gasteiger partial charge in [-0.25, -0.2) is 8.42 Å². The van der Waals surface area contributed by atoms with E-state index in [9.17, 15) is 13.2 Å². The number of carbonyl (C=O) groups excluding carboxylic acids is 1. The van der Waals surface area contributed by atoms with Crippen molar-refractivity contribution in [2.45, 2.75) is 11.8 Å². The van der Waals surface area contributed by atoms with Crippen LogP contribution in [0.25, 0.3) is 0 Å². The predicted molar refractivity (Wildman–Crippen MR) is 90.0 cm³/mol. The highest BCUT2D eigenvalue weighted by atomic mass is 35.5. The lowest BCUT2D eigenvalue weighted by Gasteiger charge is -2.05. The predicted octanol–water partition coefficient (Wildman–Crippen LogP) is 2.87. The molecule has 0 aromatic heterocycles. The van der Waals surface area contributed by atoms with Crippen LogP contribution in [0.4, 0.5) is 0 Å². The fraction of sp³-hybridized carbons (Fsp3) is 0.118. The second-order valence-corrected chi connectivity index (χ2v) is 6.92. The van der Waals surface area contributed by atoms with Gasteiger partial charge in [0.2, 0.25) is 10.0 Å². The van der Waals surface area contributed by atoms with E-state index in [0.29, 0.717) is 16.1 Å². The molecular formula is C17H14ClNO3S. The van der Waals surface area contributed by atoms with E-state index in [4.69, 9.17) is 11.6 Å². The summed E-state index contributed by atoms with van der Waals surface area (Å²) in [5, 5.41) is 0.568. The minimum absolute atomic E-state index is 0.0368. The molecule has 0 amide bonds. The first-order valence-electron chi connectivity index (χ1n) is 6.73. The summed E-state index contributed by atoms with van der Waals surface area (Å²) in [4.78, 5) is 11.4. The van der Waals surface area contributed by atoms with Crippen LogP contribution in [-0.2, 0) is 10.0 Å². The summed E-state index contributed by atoms with van der Waals surface area (Å²) < 4.78 is 26.7. The Hall–Kier alpha value is -2.13. The number of hydrogen-bond donors (Lipinski definition) is 1. The van der Waals surface area contributed by atoms with Gasteiger partial charge in [-0.05, 0) is 37.3 Å². The first-order chi connectivity index (χ1) is 10.9. The summed E-state index contributed by atoms with van der Waals surface area (Å²) in [7, 11) is -3.71. The number of nitrogens with one attached hydrogen (secondary N) is 1. The number of rotatable bonds is 4. The van der Waals surface area contributed by atoms with Gasteiger partial charge in [-0.1, -0.05) is 41.6 Å². The lowest BCUT2D eigenvalue weighted by Crippen LogP contribution is -2.24. The lowest BCUT2D eigenvalue weighted by atomic mass is 10.2. The molecular weight excluding hydrogens is 334 g/mol. The van der Waals surface area contributed by atoms with Crippen molar-refractivity contribution in [1.29, 1.82) is 0 Å². The first kappa shape index (κ1) is 17.2. The summed E-state index contributed by atoms with van der Waals surface area (Å²) in [6, 6.07) is 12.8. The normalized spacial score (nSPS) is 10.7. The van der Waals surface area contributed by atoms with Crippen LogP contribution in [0.1, 0.15) is 22.8 Å². The Labute approximate surface area is 140 Å². The summed E-state index contributed by atoms with van der Waals surface area (Å²) >= 11 is 5.84. The molecule has 0 saturated carbocycles. The van der Waals surface area contributed by atoms with Crippen molar-refractivity contribution >= 4 is 27.4 Å². The van der Waals surface area contributed by atoms with Crippen LogP contribution in [0.15, 0.2) is 53.4 Å². The van der Waals surface area contributed by atoms with Crippen LogP contribution in [-0.4, -0.2) is 20.7 Å². The number of benzene rings is 2. The molecule has 0 atom stereocenters. The first-order valence-corrected chi connectivity index (χ1v) is 8.60. The molecule has 1 N–H and O–H groups in total. The van der Waals surface area contributed by atoms with Gasteiger partial charge in [0.1, 0.15) is 0 Å². The molecule has 6 heteroatoms. The quantitative estimate of drug-likeness (QED) is 0.683. The zero-order valence-corrected chi connectivity index (χ0v) is 13.9. The van der Waals surface area contributed by atoms with E-state index in [0.717, 1.165) is 0 Å². The van der Waals surface area contributed by atoms with E-state index in [1.807, 2.05) is 0 Å². The van der Waals surface area contributed by atoms with Crippen LogP contribution < -0.4 is 4.72 Å². The second kappa shape index (κ2) is 7.42. The van der Waals surface area contributed by atoms with E-state index in [1.54, 1.807) is 30.3 Å².